The Labute approximate surface area is 193 Å². The van der Waals surface area contributed by atoms with Crippen LogP contribution in [0.25, 0.3) is 0 Å². The monoisotopic (exact) mass is 465 g/mol. The average molecular weight is 465 g/mol. The summed E-state index contributed by atoms with van der Waals surface area (Å²) in [6, 6.07) is 0. The molecule has 1 atom stereocenters. The maximum Gasteiger partial charge on any atom is 0.340 e. The largest absolute Gasteiger partial charge is 0.459 e. The summed E-state index contributed by atoms with van der Waals surface area (Å²) in [4.78, 5) is 52.4. The lowest BCUT2D eigenvalue weighted by molar-refractivity contribution is -0.155. The van der Waals surface area contributed by atoms with Crippen LogP contribution in [-0.2, 0) is 42.9 Å². The normalized spacial score (nSPS) is 11.9. The van der Waals surface area contributed by atoms with E-state index in [1.165, 1.54) is 20.0 Å². The smallest absolute Gasteiger partial charge is 0.340 e. The van der Waals surface area contributed by atoms with Crippen molar-refractivity contribution in [1.82, 2.24) is 0 Å². The Kier molecular flexibility index (Phi) is 20.2. The van der Waals surface area contributed by atoms with Crippen LogP contribution in [0, 0.1) is 0 Å². The molecule has 0 aliphatic carbocycles. The summed E-state index contributed by atoms with van der Waals surface area (Å²) >= 11 is 0. The van der Waals surface area contributed by atoms with Crippen molar-refractivity contribution in [3.63, 3.8) is 0 Å². The summed E-state index contributed by atoms with van der Waals surface area (Å²) in [6.07, 6.45) is 3.20. The van der Waals surface area contributed by atoms with E-state index in [1.54, 1.807) is 6.92 Å². The van der Waals surface area contributed by atoms with Crippen LogP contribution < -0.4 is 5.73 Å². The highest BCUT2D eigenvalue weighted by molar-refractivity contribution is 6.00. The molecule has 1 fully saturated rings. The van der Waals surface area contributed by atoms with Crippen molar-refractivity contribution in [3.8, 4) is 0 Å². The average Bonchev–Trinajstić information content (AvgIpc) is 3.57. The molecular formula is C23H31NO9. The molecule has 0 spiro atoms. The fourth-order valence-electron chi connectivity index (χ4n) is 0.897. The molecule has 2 N–H and O–H groups in total. The predicted octanol–water partition coefficient (Wildman–Crippen LogP) is 2.23. The maximum atomic E-state index is 10.7. The summed E-state index contributed by atoms with van der Waals surface area (Å²) in [5, 5.41) is 0. The number of nitrogens with two attached hydrogens (primary N) is 1. The van der Waals surface area contributed by atoms with Crippen LogP contribution in [-0.4, -0.2) is 49.2 Å². The third-order valence-corrected chi connectivity index (χ3v) is 2.57. The lowest BCUT2D eigenvalue weighted by Crippen LogP contribution is -2.12. The van der Waals surface area contributed by atoms with E-state index in [2.05, 4.69) is 54.7 Å². The SMILES string of the molecule is C=C(C)C(=O)OC(=O)C(=C)C.C=C(C)C(=O)OCC1CO1.C=CC(=O)OC(=O)C=C.C=CN. The first-order valence-electron chi connectivity index (χ1n) is 9.12. The second-order valence-electron chi connectivity index (χ2n) is 5.96. The van der Waals surface area contributed by atoms with Gasteiger partial charge in [0.15, 0.2) is 0 Å². The molecule has 0 aromatic carbocycles. The van der Waals surface area contributed by atoms with Crippen molar-refractivity contribution in [2.24, 2.45) is 5.73 Å². The van der Waals surface area contributed by atoms with Crippen molar-refractivity contribution >= 4 is 29.8 Å². The fourth-order valence-corrected chi connectivity index (χ4v) is 0.897. The Bertz CT molecular complexity index is 748. The first-order chi connectivity index (χ1) is 15.3. The minimum absolute atomic E-state index is 0.142. The summed E-state index contributed by atoms with van der Waals surface area (Å²) < 4.78 is 17.9. The standard InChI is InChI=1S/C8H10O3.C7H10O3.C6H6O3.C2H5N/c1-5(2)7(9)11-8(10)6(3)4;1-5(2)7(8)10-4-6-3-9-6;1-3-5(7)9-6(8)4-2;1-2-3/h1,3H2,2,4H3;6H,1,3-4H2,2H3;3-4H,1-2H2;2H,1,3H2. The van der Waals surface area contributed by atoms with Gasteiger partial charge < -0.3 is 24.7 Å². The zero-order valence-electron chi connectivity index (χ0n) is 19.2. The Morgan fingerprint density at radius 2 is 1.15 bits per heavy atom. The lowest BCUT2D eigenvalue weighted by Gasteiger charge is -1.99. The molecular weight excluding hydrogens is 434 g/mol. The van der Waals surface area contributed by atoms with E-state index in [0.29, 0.717) is 18.8 Å². The molecule has 1 rings (SSSR count). The molecule has 0 saturated carbocycles. The number of epoxide rings is 1. The summed E-state index contributed by atoms with van der Waals surface area (Å²) in [5.74, 6) is -3.29. The molecule has 33 heavy (non-hydrogen) atoms. The molecule has 10 nitrogen and oxygen atoms in total. The number of esters is 5. The Morgan fingerprint density at radius 3 is 1.39 bits per heavy atom. The van der Waals surface area contributed by atoms with E-state index in [0.717, 1.165) is 12.2 Å². The molecule has 1 heterocycles. The number of rotatable bonds is 7. The Hall–Kier alpha value is -4.05. The molecule has 1 saturated heterocycles. The topological polar surface area (TPSA) is 152 Å². The minimum atomic E-state index is -0.764. The molecule has 1 aliphatic heterocycles. The molecule has 0 radical (unpaired) electrons. The molecule has 1 aliphatic rings. The number of hydrogen-bond acceptors (Lipinski definition) is 10. The lowest BCUT2D eigenvalue weighted by atomic mass is 10.3. The van der Waals surface area contributed by atoms with Crippen LogP contribution in [0.15, 0.2) is 74.5 Å². The van der Waals surface area contributed by atoms with Crippen LogP contribution in [0.3, 0.4) is 0 Å². The minimum Gasteiger partial charge on any atom is -0.459 e. The molecule has 0 bridgehead atoms. The van der Waals surface area contributed by atoms with Crippen LogP contribution in [0.4, 0.5) is 0 Å². The number of hydrogen-bond donors (Lipinski definition) is 1. The van der Waals surface area contributed by atoms with Gasteiger partial charge in [-0.15, -0.1) is 0 Å². The predicted molar refractivity (Wildman–Crippen MR) is 122 cm³/mol. The van der Waals surface area contributed by atoms with Gasteiger partial charge in [0.25, 0.3) is 0 Å². The van der Waals surface area contributed by atoms with Gasteiger partial charge in [-0.05, 0) is 27.0 Å². The highest BCUT2D eigenvalue weighted by Gasteiger charge is 2.24. The summed E-state index contributed by atoms with van der Waals surface area (Å²) in [5.41, 5.74) is 5.43. The van der Waals surface area contributed by atoms with Gasteiger partial charge in [0.1, 0.15) is 12.7 Å². The van der Waals surface area contributed by atoms with Crippen molar-refractivity contribution in [3.05, 3.63) is 74.5 Å². The Balaban J connectivity index is -0.000000387. The van der Waals surface area contributed by atoms with Crippen LogP contribution in [0.5, 0.6) is 0 Å². The third-order valence-electron chi connectivity index (χ3n) is 2.57. The van der Waals surface area contributed by atoms with E-state index in [4.69, 9.17) is 9.47 Å². The second kappa shape index (κ2) is 19.9. The van der Waals surface area contributed by atoms with Gasteiger partial charge in [0.05, 0.1) is 6.61 Å². The molecule has 10 heteroatoms. The van der Waals surface area contributed by atoms with Gasteiger partial charge in [-0.3, -0.25) is 0 Å². The molecule has 1 unspecified atom stereocenters. The first kappa shape index (κ1) is 33.6. The van der Waals surface area contributed by atoms with Gasteiger partial charge in [-0.2, -0.15) is 0 Å². The third kappa shape index (κ3) is 24.1. The highest BCUT2D eigenvalue weighted by Crippen LogP contribution is 2.09. The van der Waals surface area contributed by atoms with Gasteiger partial charge in [0, 0.05) is 28.9 Å². The summed E-state index contributed by atoms with van der Waals surface area (Å²) in [7, 11) is 0. The van der Waals surface area contributed by atoms with E-state index in [9.17, 15) is 24.0 Å². The zero-order valence-corrected chi connectivity index (χ0v) is 19.2. The fraction of sp³-hybridized carbons (Fsp3) is 0.261. The van der Waals surface area contributed by atoms with Crippen molar-refractivity contribution in [2.75, 3.05) is 13.2 Å². The van der Waals surface area contributed by atoms with Crippen molar-refractivity contribution < 1.29 is 42.9 Å². The second-order valence-corrected chi connectivity index (χ2v) is 5.96. The summed E-state index contributed by atoms with van der Waals surface area (Å²) in [6.45, 7) is 25.0. The molecule has 0 aromatic rings. The number of ether oxygens (including phenoxy) is 4. The van der Waals surface area contributed by atoms with Crippen molar-refractivity contribution in [1.29, 1.82) is 0 Å². The molecule has 182 valence electrons. The van der Waals surface area contributed by atoms with E-state index in [-0.39, 0.29) is 23.2 Å². The van der Waals surface area contributed by atoms with Crippen LogP contribution in [0.2, 0.25) is 0 Å². The van der Waals surface area contributed by atoms with E-state index in [1.807, 2.05) is 0 Å². The quantitative estimate of drug-likeness (QED) is 0.195. The number of carbonyl (C=O) groups excluding carboxylic acids is 5. The van der Waals surface area contributed by atoms with Gasteiger partial charge in [0.2, 0.25) is 0 Å². The van der Waals surface area contributed by atoms with Gasteiger partial charge in [-0.25, -0.2) is 24.0 Å². The van der Waals surface area contributed by atoms with E-state index >= 15 is 0 Å². The van der Waals surface area contributed by atoms with Gasteiger partial charge in [-0.1, -0.05) is 39.5 Å². The van der Waals surface area contributed by atoms with E-state index < -0.39 is 23.9 Å². The van der Waals surface area contributed by atoms with Gasteiger partial charge >= 0.3 is 29.8 Å². The Morgan fingerprint density at radius 1 is 0.818 bits per heavy atom. The number of carbonyl (C=O) groups is 5. The zero-order chi connectivity index (χ0) is 26.6. The van der Waals surface area contributed by atoms with Crippen LogP contribution >= 0.6 is 0 Å². The first-order valence-corrected chi connectivity index (χ1v) is 9.12. The maximum absolute atomic E-state index is 10.7. The molecule has 0 amide bonds. The molecule has 0 aromatic heterocycles. The highest BCUT2D eigenvalue weighted by atomic mass is 16.6. The van der Waals surface area contributed by atoms with Crippen LogP contribution in [0.1, 0.15) is 20.8 Å². The van der Waals surface area contributed by atoms with Crippen molar-refractivity contribution in [2.45, 2.75) is 26.9 Å².